The lowest BCUT2D eigenvalue weighted by Gasteiger charge is -2.28. The zero-order valence-electron chi connectivity index (χ0n) is 11.5. The Kier molecular flexibility index (Phi) is 2.69. The third-order valence-electron chi connectivity index (χ3n) is 3.81. The topological polar surface area (TPSA) is 73.0 Å². The van der Waals surface area contributed by atoms with Crippen LogP contribution in [-0.4, -0.2) is 14.7 Å². The SMILES string of the molecule is O=[N+]([O-])c1cnn2c1-c1ccccc1NC2c1ccccc1. The van der Waals surface area contributed by atoms with Crippen molar-refractivity contribution >= 4 is 11.4 Å². The smallest absolute Gasteiger partial charge is 0.315 e. The van der Waals surface area contributed by atoms with E-state index in [1.165, 1.54) is 6.20 Å². The highest BCUT2D eigenvalue weighted by molar-refractivity contribution is 5.83. The number of fused-ring (bicyclic) bond motifs is 3. The monoisotopic (exact) mass is 292 g/mol. The van der Waals surface area contributed by atoms with Crippen LogP contribution in [-0.2, 0) is 0 Å². The summed E-state index contributed by atoms with van der Waals surface area (Å²) in [4.78, 5) is 10.9. The Labute approximate surface area is 126 Å². The Morgan fingerprint density at radius 2 is 1.82 bits per heavy atom. The molecule has 6 heteroatoms. The third kappa shape index (κ3) is 1.77. The minimum atomic E-state index is -0.386. The number of para-hydroxylation sites is 1. The molecule has 0 saturated heterocycles. The number of hydrogen-bond acceptors (Lipinski definition) is 4. The second kappa shape index (κ2) is 4.70. The van der Waals surface area contributed by atoms with Crippen molar-refractivity contribution in [3.63, 3.8) is 0 Å². The van der Waals surface area contributed by atoms with Gasteiger partial charge in [-0.05, 0) is 11.6 Å². The van der Waals surface area contributed by atoms with E-state index in [1.54, 1.807) is 4.68 Å². The summed E-state index contributed by atoms with van der Waals surface area (Å²) in [6.07, 6.45) is 1.05. The number of nitro groups is 1. The fourth-order valence-corrected chi connectivity index (χ4v) is 2.83. The van der Waals surface area contributed by atoms with Crippen LogP contribution >= 0.6 is 0 Å². The maximum absolute atomic E-state index is 11.3. The molecule has 0 amide bonds. The molecule has 0 aliphatic carbocycles. The molecule has 1 aliphatic heterocycles. The van der Waals surface area contributed by atoms with Gasteiger partial charge in [-0.3, -0.25) is 10.1 Å². The molecular weight excluding hydrogens is 280 g/mol. The van der Waals surface area contributed by atoms with E-state index in [9.17, 15) is 10.1 Å². The van der Waals surface area contributed by atoms with Gasteiger partial charge in [-0.25, -0.2) is 4.68 Å². The van der Waals surface area contributed by atoms with Crippen LogP contribution in [0, 0.1) is 10.1 Å². The lowest BCUT2D eigenvalue weighted by atomic mass is 10.0. The van der Waals surface area contributed by atoms with E-state index < -0.39 is 0 Å². The number of rotatable bonds is 2. The molecule has 0 bridgehead atoms. The fraction of sp³-hybridized carbons (Fsp3) is 0.0625. The van der Waals surface area contributed by atoms with Gasteiger partial charge in [-0.1, -0.05) is 48.5 Å². The van der Waals surface area contributed by atoms with Gasteiger partial charge in [0.15, 0.2) is 5.69 Å². The minimum Gasteiger partial charge on any atom is -0.359 e. The van der Waals surface area contributed by atoms with Gasteiger partial charge in [0.2, 0.25) is 0 Å². The van der Waals surface area contributed by atoms with Crippen molar-refractivity contribution in [1.29, 1.82) is 0 Å². The van der Waals surface area contributed by atoms with Crippen LogP contribution in [0.3, 0.4) is 0 Å². The lowest BCUT2D eigenvalue weighted by molar-refractivity contribution is -0.384. The number of anilines is 1. The quantitative estimate of drug-likeness (QED) is 0.580. The van der Waals surface area contributed by atoms with Crippen molar-refractivity contribution in [3.8, 4) is 11.3 Å². The molecule has 2 heterocycles. The molecule has 22 heavy (non-hydrogen) atoms. The number of aromatic nitrogens is 2. The molecule has 108 valence electrons. The normalized spacial score (nSPS) is 15.5. The van der Waals surface area contributed by atoms with E-state index >= 15 is 0 Å². The molecule has 0 radical (unpaired) electrons. The Hall–Kier alpha value is -3.15. The van der Waals surface area contributed by atoms with E-state index in [0.717, 1.165) is 16.8 Å². The van der Waals surface area contributed by atoms with E-state index in [0.29, 0.717) is 5.69 Å². The standard InChI is InChI=1S/C16H12N4O2/c21-20(22)14-10-17-19-15(14)12-8-4-5-9-13(12)18-16(19)11-6-2-1-3-7-11/h1-10,16,18H. The number of benzene rings is 2. The Bertz CT molecular complexity index is 858. The highest BCUT2D eigenvalue weighted by Crippen LogP contribution is 2.42. The van der Waals surface area contributed by atoms with Gasteiger partial charge in [-0.15, -0.1) is 0 Å². The summed E-state index contributed by atoms with van der Waals surface area (Å²) in [5.74, 6) is 0. The molecule has 0 spiro atoms. The van der Waals surface area contributed by atoms with Crippen LogP contribution in [0.5, 0.6) is 0 Å². The molecule has 1 atom stereocenters. The van der Waals surface area contributed by atoms with Gasteiger partial charge >= 0.3 is 5.69 Å². The summed E-state index contributed by atoms with van der Waals surface area (Å²) in [7, 11) is 0. The van der Waals surface area contributed by atoms with Crippen LogP contribution in [0.4, 0.5) is 11.4 Å². The molecule has 1 aliphatic rings. The summed E-state index contributed by atoms with van der Waals surface area (Å²) in [5.41, 5.74) is 3.21. The second-order valence-electron chi connectivity index (χ2n) is 5.08. The maximum atomic E-state index is 11.3. The van der Waals surface area contributed by atoms with Gasteiger partial charge in [0.1, 0.15) is 12.4 Å². The zero-order valence-corrected chi connectivity index (χ0v) is 11.5. The van der Waals surface area contributed by atoms with Gasteiger partial charge in [0, 0.05) is 11.3 Å². The summed E-state index contributed by atoms with van der Waals surface area (Å²) < 4.78 is 1.68. The number of hydrogen-bond donors (Lipinski definition) is 1. The Morgan fingerprint density at radius 3 is 2.59 bits per heavy atom. The summed E-state index contributed by atoms with van der Waals surface area (Å²) >= 11 is 0. The molecule has 3 aromatic rings. The Morgan fingerprint density at radius 1 is 1.09 bits per heavy atom. The first-order valence-corrected chi connectivity index (χ1v) is 6.88. The summed E-state index contributed by atoms with van der Waals surface area (Å²) in [6.45, 7) is 0. The lowest BCUT2D eigenvalue weighted by Crippen LogP contribution is -2.25. The predicted octanol–water partition coefficient (Wildman–Crippen LogP) is 3.43. The third-order valence-corrected chi connectivity index (χ3v) is 3.81. The van der Waals surface area contributed by atoms with Crippen molar-refractivity contribution in [2.75, 3.05) is 5.32 Å². The molecule has 0 fully saturated rings. The highest BCUT2D eigenvalue weighted by atomic mass is 16.6. The number of nitrogens with zero attached hydrogens (tertiary/aromatic N) is 3. The van der Waals surface area contributed by atoms with Crippen LogP contribution in [0.15, 0.2) is 60.8 Å². The van der Waals surface area contributed by atoms with Gasteiger partial charge < -0.3 is 5.32 Å². The van der Waals surface area contributed by atoms with Crippen molar-refractivity contribution < 1.29 is 4.92 Å². The van der Waals surface area contributed by atoms with Crippen molar-refractivity contribution in [3.05, 3.63) is 76.5 Å². The van der Waals surface area contributed by atoms with Gasteiger partial charge in [0.05, 0.1) is 4.92 Å². The van der Waals surface area contributed by atoms with E-state index in [4.69, 9.17) is 0 Å². The number of nitrogens with one attached hydrogen (secondary N) is 1. The molecule has 1 aromatic heterocycles. The summed E-state index contributed by atoms with van der Waals surface area (Å²) in [5, 5.41) is 19.0. The zero-order chi connectivity index (χ0) is 15.1. The van der Waals surface area contributed by atoms with Crippen molar-refractivity contribution in [1.82, 2.24) is 9.78 Å². The largest absolute Gasteiger partial charge is 0.359 e. The average molecular weight is 292 g/mol. The van der Waals surface area contributed by atoms with E-state index in [-0.39, 0.29) is 16.8 Å². The summed E-state index contributed by atoms with van der Waals surface area (Å²) in [6, 6.07) is 17.3. The first-order chi connectivity index (χ1) is 10.8. The highest BCUT2D eigenvalue weighted by Gasteiger charge is 2.32. The molecule has 1 unspecified atom stereocenters. The average Bonchev–Trinajstić information content (AvgIpc) is 3.00. The molecule has 2 aromatic carbocycles. The first kappa shape index (κ1) is 12.6. The molecule has 1 N–H and O–H groups in total. The maximum Gasteiger partial charge on any atom is 0.315 e. The van der Waals surface area contributed by atoms with Crippen molar-refractivity contribution in [2.24, 2.45) is 0 Å². The Balaban J connectivity index is 1.97. The molecule has 6 nitrogen and oxygen atoms in total. The first-order valence-electron chi connectivity index (χ1n) is 6.88. The predicted molar refractivity (Wildman–Crippen MR) is 82.5 cm³/mol. The fourth-order valence-electron chi connectivity index (χ4n) is 2.83. The molecular formula is C16H12N4O2. The molecule has 4 rings (SSSR count). The minimum absolute atomic E-state index is 0.0230. The second-order valence-corrected chi connectivity index (χ2v) is 5.08. The van der Waals surface area contributed by atoms with Crippen LogP contribution in [0.1, 0.15) is 11.7 Å². The van der Waals surface area contributed by atoms with E-state index in [2.05, 4.69) is 10.4 Å². The van der Waals surface area contributed by atoms with Crippen LogP contribution in [0.2, 0.25) is 0 Å². The van der Waals surface area contributed by atoms with Gasteiger partial charge in [0.25, 0.3) is 0 Å². The van der Waals surface area contributed by atoms with E-state index in [1.807, 2.05) is 54.6 Å². The van der Waals surface area contributed by atoms with Crippen LogP contribution < -0.4 is 5.32 Å². The van der Waals surface area contributed by atoms with Gasteiger partial charge in [-0.2, -0.15) is 5.10 Å². The molecule has 0 saturated carbocycles. The van der Waals surface area contributed by atoms with Crippen molar-refractivity contribution in [2.45, 2.75) is 6.17 Å². The van der Waals surface area contributed by atoms with Crippen LogP contribution in [0.25, 0.3) is 11.3 Å².